The third-order valence-electron chi connectivity index (χ3n) is 3.85. The minimum Gasteiger partial charge on any atom is -0.493 e. The van der Waals surface area contributed by atoms with Gasteiger partial charge in [0.1, 0.15) is 5.75 Å². The third-order valence-corrected chi connectivity index (χ3v) is 3.85. The summed E-state index contributed by atoms with van der Waals surface area (Å²) in [5.74, 6) is -1.11. The highest BCUT2D eigenvalue weighted by molar-refractivity contribution is 6.10. The van der Waals surface area contributed by atoms with Crippen molar-refractivity contribution in [2.24, 2.45) is 11.8 Å². The molecule has 2 amide bonds. The fraction of sp³-hybridized carbons (Fsp3) is 0.438. The van der Waals surface area contributed by atoms with Gasteiger partial charge in [0.25, 0.3) is 0 Å². The maximum absolute atomic E-state index is 12.4. The normalized spacial score (nSPS) is 21.8. The summed E-state index contributed by atoms with van der Waals surface area (Å²) in [4.78, 5) is 37.5. The lowest BCUT2D eigenvalue weighted by Gasteiger charge is -2.15. The Balaban J connectivity index is 2.19. The summed E-state index contributed by atoms with van der Waals surface area (Å²) in [6.07, 6.45) is 0. The van der Waals surface area contributed by atoms with E-state index in [4.69, 9.17) is 4.74 Å². The number of benzene rings is 1. The first kappa shape index (κ1) is 15.2. The molecule has 0 aliphatic carbocycles. The molecule has 0 spiro atoms. The molecule has 112 valence electrons. The number of hydrogen-bond donors (Lipinski definition) is 0. The number of carbonyl (C=O) groups is 3. The maximum atomic E-state index is 12.4. The van der Waals surface area contributed by atoms with Crippen molar-refractivity contribution >= 4 is 17.6 Å². The second-order valence-corrected chi connectivity index (χ2v) is 5.19. The third kappa shape index (κ3) is 2.82. The molecule has 21 heavy (non-hydrogen) atoms. The highest BCUT2D eigenvalue weighted by atomic mass is 16.5. The number of likely N-dealkylation sites (tertiary alicyclic amines) is 1. The van der Waals surface area contributed by atoms with Gasteiger partial charge in [-0.1, -0.05) is 26.0 Å². The molecule has 5 heteroatoms. The topological polar surface area (TPSA) is 63.7 Å². The number of imide groups is 1. The lowest BCUT2D eigenvalue weighted by Crippen LogP contribution is -2.35. The number of para-hydroxylation sites is 1. The molecule has 0 saturated carbocycles. The smallest absolute Gasteiger partial charge is 0.233 e. The molecule has 2 atom stereocenters. The summed E-state index contributed by atoms with van der Waals surface area (Å²) in [5.41, 5.74) is 0.396. The van der Waals surface area contributed by atoms with E-state index < -0.39 is 0 Å². The number of Topliss-reactive ketones (excluding diaryl/α,β-unsaturated/α-hetero) is 1. The van der Waals surface area contributed by atoms with E-state index in [9.17, 15) is 14.4 Å². The number of ketones is 1. The largest absolute Gasteiger partial charge is 0.493 e. The number of nitrogens with zero attached hydrogens (tertiary/aromatic N) is 1. The van der Waals surface area contributed by atoms with Gasteiger partial charge in [-0.05, 0) is 19.1 Å². The van der Waals surface area contributed by atoms with Crippen LogP contribution < -0.4 is 4.74 Å². The summed E-state index contributed by atoms with van der Waals surface area (Å²) in [6, 6.07) is 6.85. The average molecular weight is 289 g/mol. The molecule has 1 aromatic carbocycles. The minimum absolute atomic E-state index is 0.226. The van der Waals surface area contributed by atoms with Crippen LogP contribution in [0.1, 0.15) is 31.1 Å². The molecule has 1 aliphatic heterocycles. The molecule has 1 aliphatic rings. The lowest BCUT2D eigenvalue weighted by atomic mass is 10.00. The summed E-state index contributed by atoms with van der Waals surface area (Å²) >= 11 is 0. The number of carbonyl (C=O) groups excluding carboxylic acids is 3. The summed E-state index contributed by atoms with van der Waals surface area (Å²) in [6.45, 7) is 5.47. The van der Waals surface area contributed by atoms with E-state index in [1.807, 2.05) is 6.92 Å². The van der Waals surface area contributed by atoms with E-state index in [2.05, 4.69) is 0 Å². The Morgan fingerprint density at radius 2 is 1.71 bits per heavy atom. The predicted octanol–water partition coefficient (Wildman–Crippen LogP) is 1.91. The first-order valence-corrected chi connectivity index (χ1v) is 7.07. The van der Waals surface area contributed by atoms with E-state index in [0.29, 0.717) is 17.9 Å². The second kappa shape index (κ2) is 6.08. The van der Waals surface area contributed by atoms with E-state index >= 15 is 0 Å². The Hall–Kier alpha value is -2.17. The van der Waals surface area contributed by atoms with E-state index in [-0.39, 0.29) is 36.0 Å². The van der Waals surface area contributed by atoms with Crippen molar-refractivity contribution in [3.8, 4) is 5.75 Å². The van der Waals surface area contributed by atoms with Gasteiger partial charge in [0.2, 0.25) is 11.8 Å². The Kier molecular flexibility index (Phi) is 4.40. The summed E-state index contributed by atoms with van der Waals surface area (Å²) in [5, 5.41) is 0. The number of ether oxygens (including phenoxy) is 1. The van der Waals surface area contributed by atoms with Gasteiger partial charge < -0.3 is 4.74 Å². The molecule has 0 bridgehead atoms. The zero-order valence-electron chi connectivity index (χ0n) is 12.5. The molecule has 1 fully saturated rings. The molecule has 1 aromatic rings. The lowest BCUT2D eigenvalue weighted by molar-refractivity contribution is -0.139. The Labute approximate surface area is 123 Å². The maximum Gasteiger partial charge on any atom is 0.233 e. The fourth-order valence-corrected chi connectivity index (χ4v) is 2.39. The molecule has 5 nitrogen and oxygen atoms in total. The monoisotopic (exact) mass is 289 g/mol. The van der Waals surface area contributed by atoms with Crippen molar-refractivity contribution in [2.75, 3.05) is 13.2 Å². The highest BCUT2D eigenvalue weighted by Gasteiger charge is 2.43. The van der Waals surface area contributed by atoms with Crippen molar-refractivity contribution in [1.29, 1.82) is 0 Å². The van der Waals surface area contributed by atoms with E-state index in [0.717, 1.165) is 4.90 Å². The first-order chi connectivity index (χ1) is 9.97. The van der Waals surface area contributed by atoms with E-state index in [1.165, 1.54) is 0 Å². The number of rotatable bonds is 5. The van der Waals surface area contributed by atoms with Crippen LogP contribution in [0.15, 0.2) is 24.3 Å². The Morgan fingerprint density at radius 1 is 1.14 bits per heavy atom. The summed E-state index contributed by atoms with van der Waals surface area (Å²) in [7, 11) is 0. The highest BCUT2D eigenvalue weighted by Crippen LogP contribution is 2.26. The Bertz CT molecular complexity index is 561. The van der Waals surface area contributed by atoms with Crippen LogP contribution in [0.3, 0.4) is 0 Å². The standard InChI is InChI=1S/C16H19NO4/c1-4-21-14-8-6-5-7-12(14)13(18)9-17-15(19)10(2)11(3)16(17)20/h5-8,10-11H,4,9H2,1-3H3. The molecule has 2 unspecified atom stereocenters. The van der Waals surface area contributed by atoms with Gasteiger partial charge in [-0.2, -0.15) is 0 Å². The van der Waals surface area contributed by atoms with Crippen LogP contribution in [-0.4, -0.2) is 35.6 Å². The zero-order chi connectivity index (χ0) is 15.6. The quantitative estimate of drug-likeness (QED) is 0.613. The molecule has 0 N–H and O–H groups in total. The van der Waals surface area contributed by atoms with Crippen molar-refractivity contribution in [3.63, 3.8) is 0 Å². The van der Waals surface area contributed by atoms with Crippen molar-refractivity contribution < 1.29 is 19.1 Å². The average Bonchev–Trinajstić information content (AvgIpc) is 2.66. The van der Waals surface area contributed by atoms with Gasteiger partial charge in [0, 0.05) is 11.8 Å². The van der Waals surface area contributed by atoms with Gasteiger partial charge in [-0.15, -0.1) is 0 Å². The predicted molar refractivity (Wildman–Crippen MR) is 77.0 cm³/mol. The zero-order valence-corrected chi connectivity index (χ0v) is 12.5. The number of hydrogen-bond acceptors (Lipinski definition) is 4. The van der Waals surface area contributed by atoms with Gasteiger partial charge >= 0.3 is 0 Å². The van der Waals surface area contributed by atoms with Crippen LogP contribution in [0.25, 0.3) is 0 Å². The molecule has 1 heterocycles. The van der Waals surface area contributed by atoms with Gasteiger partial charge in [0.15, 0.2) is 5.78 Å². The molecule has 0 aromatic heterocycles. The van der Waals surface area contributed by atoms with Crippen molar-refractivity contribution in [1.82, 2.24) is 4.90 Å². The van der Waals surface area contributed by atoms with Crippen LogP contribution in [0, 0.1) is 11.8 Å². The summed E-state index contributed by atoms with van der Waals surface area (Å²) < 4.78 is 5.41. The first-order valence-electron chi connectivity index (χ1n) is 7.07. The second-order valence-electron chi connectivity index (χ2n) is 5.19. The van der Waals surface area contributed by atoms with Gasteiger partial charge in [0.05, 0.1) is 18.7 Å². The molecule has 0 radical (unpaired) electrons. The van der Waals surface area contributed by atoms with E-state index in [1.54, 1.807) is 38.1 Å². The van der Waals surface area contributed by atoms with Crippen LogP contribution in [0.4, 0.5) is 0 Å². The van der Waals surface area contributed by atoms with Crippen LogP contribution in [-0.2, 0) is 9.59 Å². The van der Waals surface area contributed by atoms with Crippen LogP contribution in [0.5, 0.6) is 5.75 Å². The van der Waals surface area contributed by atoms with Crippen molar-refractivity contribution in [3.05, 3.63) is 29.8 Å². The van der Waals surface area contributed by atoms with Crippen LogP contribution >= 0.6 is 0 Å². The van der Waals surface area contributed by atoms with Crippen LogP contribution in [0.2, 0.25) is 0 Å². The fourth-order valence-electron chi connectivity index (χ4n) is 2.39. The number of amides is 2. The van der Waals surface area contributed by atoms with Crippen molar-refractivity contribution in [2.45, 2.75) is 20.8 Å². The molecular formula is C16H19NO4. The Morgan fingerprint density at radius 3 is 2.29 bits per heavy atom. The molecular weight excluding hydrogens is 270 g/mol. The van der Waals surface area contributed by atoms with Gasteiger partial charge in [-0.3, -0.25) is 19.3 Å². The SMILES string of the molecule is CCOc1ccccc1C(=O)CN1C(=O)C(C)C(C)C1=O. The van der Waals surface area contributed by atoms with Gasteiger partial charge in [-0.25, -0.2) is 0 Å². The molecule has 1 saturated heterocycles. The molecule has 2 rings (SSSR count). The minimum atomic E-state index is -0.368.